The number of carbonyl (C=O) groups is 1. The van der Waals surface area contributed by atoms with Crippen LogP contribution in [-0.4, -0.2) is 54.8 Å². The van der Waals surface area contributed by atoms with Crippen LogP contribution in [0, 0.1) is 0 Å². The largest absolute Gasteiger partial charge is 0.493 e. The standard InChI is InChI=1S/C23H28N4O3/c1-29-20-8-7-16(15-21(20)30-2)9-12-24-23(28)27-13-10-17(11-14-27)22-25-18-5-3-4-6-19(18)26-22/h3-8,15,17H,9-14H2,1-2H3,(H,24,28)(H,25,26). The Morgan fingerprint density at radius 1 is 1.13 bits per heavy atom. The second kappa shape index (κ2) is 9.07. The Morgan fingerprint density at radius 3 is 2.63 bits per heavy atom. The highest BCUT2D eigenvalue weighted by Gasteiger charge is 2.25. The number of para-hydroxylation sites is 2. The van der Waals surface area contributed by atoms with E-state index in [1.54, 1.807) is 14.2 Å². The Bertz CT molecular complexity index is 976. The van der Waals surface area contributed by atoms with Gasteiger partial charge in [-0.1, -0.05) is 18.2 Å². The maximum atomic E-state index is 12.5. The molecule has 1 aliphatic rings. The summed E-state index contributed by atoms with van der Waals surface area (Å²) >= 11 is 0. The first-order valence-corrected chi connectivity index (χ1v) is 10.4. The quantitative estimate of drug-likeness (QED) is 0.652. The van der Waals surface area contributed by atoms with E-state index in [0.717, 1.165) is 54.8 Å². The number of rotatable bonds is 6. The minimum atomic E-state index is -0.00136. The van der Waals surface area contributed by atoms with Crippen LogP contribution in [-0.2, 0) is 6.42 Å². The average Bonchev–Trinajstić information content (AvgIpc) is 3.23. The summed E-state index contributed by atoms with van der Waals surface area (Å²) < 4.78 is 10.6. The number of benzene rings is 2. The molecule has 2 N–H and O–H groups in total. The van der Waals surface area contributed by atoms with Gasteiger partial charge in [-0.05, 0) is 49.1 Å². The number of ether oxygens (including phenoxy) is 2. The molecule has 1 aliphatic heterocycles. The van der Waals surface area contributed by atoms with E-state index < -0.39 is 0 Å². The number of hydrogen-bond donors (Lipinski definition) is 2. The number of likely N-dealkylation sites (tertiary alicyclic amines) is 1. The fourth-order valence-electron chi connectivity index (χ4n) is 3.98. The zero-order chi connectivity index (χ0) is 20.9. The molecule has 2 aromatic carbocycles. The summed E-state index contributed by atoms with van der Waals surface area (Å²) in [5.74, 6) is 2.81. The van der Waals surface area contributed by atoms with Crippen LogP contribution in [0.3, 0.4) is 0 Å². The molecule has 7 heteroatoms. The number of H-pyrrole nitrogens is 1. The Labute approximate surface area is 176 Å². The van der Waals surface area contributed by atoms with Crippen molar-refractivity contribution in [3.63, 3.8) is 0 Å². The van der Waals surface area contributed by atoms with Gasteiger partial charge in [0, 0.05) is 25.6 Å². The molecule has 7 nitrogen and oxygen atoms in total. The molecule has 0 spiro atoms. The highest BCUT2D eigenvalue weighted by atomic mass is 16.5. The maximum Gasteiger partial charge on any atom is 0.317 e. The number of methoxy groups -OCH3 is 2. The van der Waals surface area contributed by atoms with Crippen molar-refractivity contribution in [1.29, 1.82) is 0 Å². The lowest BCUT2D eigenvalue weighted by molar-refractivity contribution is 0.180. The van der Waals surface area contributed by atoms with E-state index in [1.807, 2.05) is 47.4 Å². The number of fused-ring (bicyclic) bond motifs is 1. The van der Waals surface area contributed by atoms with Crippen molar-refractivity contribution in [2.24, 2.45) is 0 Å². The van der Waals surface area contributed by atoms with Crippen LogP contribution in [0.5, 0.6) is 11.5 Å². The lowest BCUT2D eigenvalue weighted by atomic mass is 9.96. The van der Waals surface area contributed by atoms with Gasteiger partial charge < -0.3 is 24.7 Å². The smallest absolute Gasteiger partial charge is 0.317 e. The van der Waals surface area contributed by atoms with Crippen molar-refractivity contribution < 1.29 is 14.3 Å². The summed E-state index contributed by atoms with van der Waals surface area (Å²) in [5, 5.41) is 3.03. The fourth-order valence-corrected chi connectivity index (χ4v) is 3.98. The molecule has 4 rings (SSSR count). The molecule has 2 heterocycles. The third kappa shape index (κ3) is 4.35. The summed E-state index contributed by atoms with van der Waals surface area (Å²) in [5.41, 5.74) is 3.17. The molecule has 0 radical (unpaired) electrons. The molecule has 0 atom stereocenters. The van der Waals surface area contributed by atoms with Crippen molar-refractivity contribution in [2.45, 2.75) is 25.2 Å². The van der Waals surface area contributed by atoms with E-state index >= 15 is 0 Å². The summed E-state index contributed by atoms with van der Waals surface area (Å²) in [6.45, 7) is 2.06. The molecule has 1 aromatic heterocycles. The number of hydrogen-bond acceptors (Lipinski definition) is 4. The van der Waals surface area contributed by atoms with Gasteiger partial charge in [0.2, 0.25) is 0 Å². The molecule has 0 saturated carbocycles. The van der Waals surface area contributed by atoms with Crippen LogP contribution >= 0.6 is 0 Å². The third-order valence-corrected chi connectivity index (χ3v) is 5.71. The minimum Gasteiger partial charge on any atom is -0.493 e. The maximum absolute atomic E-state index is 12.5. The van der Waals surface area contributed by atoms with E-state index in [0.29, 0.717) is 24.0 Å². The zero-order valence-corrected chi connectivity index (χ0v) is 17.5. The molecular weight excluding hydrogens is 380 g/mol. The van der Waals surface area contributed by atoms with Crippen LogP contribution < -0.4 is 14.8 Å². The van der Waals surface area contributed by atoms with Gasteiger partial charge in [0.15, 0.2) is 11.5 Å². The van der Waals surface area contributed by atoms with Crippen molar-refractivity contribution in [3.8, 4) is 11.5 Å². The Hall–Kier alpha value is -3.22. The molecule has 30 heavy (non-hydrogen) atoms. The first-order valence-electron chi connectivity index (χ1n) is 10.4. The number of piperidine rings is 1. The Balaban J connectivity index is 1.25. The number of carbonyl (C=O) groups excluding carboxylic acids is 1. The van der Waals surface area contributed by atoms with Gasteiger partial charge in [-0.25, -0.2) is 9.78 Å². The van der Waals surface area contributed by atoms with Gasteiger partial charge in [-0.3, -0.25) is 0 Å². The van der Waals surface area contributed by atoms with Crippen molar-refractivity contribution in [3.05, 3.63) is 53.9 Å². The number of aromatic amines is 1. The summed E-state index contributed by atoms with van der Waals surface area (Å²) in [4.78, 5) is 22.6. The number of urea groups is 1. The third-order valence-electron chi connectivity index (χ3n) is 5.71. The fraction of sp³-hybridized carbons (Fsp3) is 0.391. The monoisotopic (exact) mass is 408 g/mol. The van der Waals surface area contributed by atoms with E-state index in [4.69, 9.17) is 14.5 Å². The van der Waals surface area contributed by atoms with E-state index in [2.05, 4.69) is 10.3 Å². The SMILES string of the molecule is COc1ccc(CCNC(=O)N2CCC(c3nc4ccccc4[nH]3)CC2)cc1OC. The molecule has 0 aliphatic carbocycles. The Morgan fingerprint density at radius 2 is 1.90 bits per heavy atom. The lowest BCUT2D eigenvalue weighted by Gasteiger charge is -2.31. The molecular formula is C23H28N4O3. The normalized spacial score (nSPS) is 14.7. The summed E-state index contributed by atoms with van der Waals surface area (Å²) in [6, 6.07) is 13.9. The zero-order valence-electron chi connectivity index (χ0n) is 17.5. The predicted octanol–water partition coefficient (Wildman–Crippen LogP) is 3.71. The first-order chi connectivity index (χ1) is 14.7. The van der Waals surface area contributed by atoms with Crippen LogP contribution in [0.4, 0.5) is 4.79 Å². The number of nitrogens with one attached hydrogen (secondary N) is 2. The van der Waals surface area contributed by atoms with Crippen LogP contribution in [0.15, 0.2) is 42.5 Å². The highest BCUT2D eigenvalue weighted by Crippen LogP contribution is 2.28. The molecule has 158 valence electrons. The van der Waals surface area contributed by atoms with Crippen LogP contribution in [0.25, 0.3) is 11.0 Å². The number of imidazole rings is 1. The van der Waals surface area contributed by atoms with Crippen molar-refractivity contribution >= 4 is 17.1 Å². The number of nitrogens with zero attached hydrogens (tertiary/aromatic N) is 2. The van der Waals surface area contributed by atoms with E-state index in [-0.39, 0.29) is 6.03 Å². The molecule has 1 fully saturated rings. The molecule has 1 saturated heterocycles. The topological polar surface area (TPSA) is 79.5 Å². The first kappa shape index (κ1) is 20.1. The van der Waals surface area contributed by atoms with Crippen molar-refractivity contribution in [2.75, 3.05) is 33.9 Å². The van der Waals surface area contributed by atoms with E-state index in [9.17, 15) is 4.79 Å². The van der Waals surface area contributed by atoms with Gasteiger partial charge in [0.05, 0.1) is 25.3 Å². The Kier molecular flexibility index (Phi) is 6.07. The number of amides is 2. The molecule has 3 aromatic rings. The second-order valence-electron chi connectivity index (χ2n) is 7.57. The summed E-state index contributed by atoms with van der Waals surface area (Å²) in [6.07, 6.45) is 2.58. The minimum absolute atomic E-state index is 0.00136. The lowest BCUT2D eigenvalue weighted by Crippen LogP contribution is -2.44. The van der Waals surface area contributed by atoms with Gasteiger partial charge in [-0.15, -0.1) is 0 Å². The number of aromatic nitrogens is 2. The van der Waals surface area contributed by atoms with E-state index in [1.165, 1.54) is 0 Å². The van der Waals surface area contributed by atoms with Crippen LogP contribution in [0.1, 0.15) is 30.1 Å². The van der Waals surface area contributed by atoms with Gasteiger partial charge in [0.25, 0.3) is 0 Å². The van der Waals surface area contributed by atoms with Crippen LogP contribution in [0.2, 0.25) is 0 Å². The second-order valence-corrected chi connectivity index (χ2v) is 7.57. The average molecular weight is 409 g/mol. The van der Waals surface area contributed by atoms with Gasteiger partial charge in [-0.2, -0.15) is 0 Å². The predicted molar refractivity (Wildman–Crippen MR) is 116 cm³/mol. The van der Waals surface area contributed by atoms with Gasteiger partial charge >= 0.3 is 6.03 Å². The van der Waals surface area contributed by atoms with Crippen molar-refractivity contribution in [1.82, 2.24) is 20.2 Å². The molecule has 2 amide bonds. The molecule has 0 bridgehead atoms. The molecule has 0 unspecified atom stereocenters. The summed E-state index contributed by atoms with van der Waals surface area (Å²) in [7, 11) is 3.24. The van der Waals surface area contributed by atoms with Gasteiger partial charge in [0.1, 0.15) is 5.82 Å². The highest BCUT2D eigenvalue weighted by molar-refractivity contribution is 5.75.